The Labute approximate surface area is 164 Å². The number of carboxylic acid groups (broad SMARTS) is 2. The van der Waals surface area contributed by atoms with Gasteiger partial charge in [0.2, 0.25) is 0 Å². The van der Waals surface area contributed by atoms with Gasteiger partial charge >= 0.3 is 23.9 Å². The molecule has 0 bridgehead atoms. The fraction of sp³-hybridized carbons (Fsp3) is 0.600. The van der Waals surface area contributed by atoms with E-state index in [0.29, 0.717) is 12.2 Å². The molecule has 2 N–H and O–H groups in total. The van der Waals surface area contributed by atoms with Gasteiger partial charge in [0.05, 0.1) is 0 Å². The summed E-state index contributed by atoms with van der Waals surface area (Å²) < 4.78 is 10.6. The molecule has 28 heavy (non-hydrogen) atoms. The van der Waals surface area contributed by atoms with Crippen molar-refractivity contribution in [2.45, 2.75) is 76.4 Å². The van der Waals surface area contributed by atoms with Crippen LogP contribution in [-0.2, 0) is 28.7 Å². The molecule has 0 radical (unpaired) electrons. The van der Waals surface area contributed by atoms with Gasteiger partial charge in [0.1, 0.15) is 12.2 Å². The first kappa shape index (κ1) is 23.4. The molecule has 0 saturated heterocycles. The molecule has 0 unspecified atom stereocenters. The van der Waals surface area contributed by atoms with E-state index in [4.69, 9.17) is 19.7 Å². The molecule has 0 aromatic rings. The molecule has 0 heterocycles. The Hall–Kier alpha value is -2.64. The average Bonchev–Trinajstić information content (AvgIpc) is 2.67. The van der Waals surface area contributed by atoms with Crippen LogP contribution in [0.4, 0.5) is 0 Å². The number of carbonyl (C=O) groups is 4. The number of hydrogen-bond acceptors (Lipinski definition) is 6. The molecule has 0 aromatic heterocycles. The van der Waals surface area contributed by atoms with Gasteiger partial charge in [0, 0.05) is 24.3 Å². The van der Waals surface area contributed by atoms with Crippen LogP contribution in [0.3, 0.4) is 0 Å². The first-order chi connectivity index (χ1) is 13.4. The van der Waals surface area contributed by atoms with Crippen LogP contribution in [0.25, 0.3) is 0 Å². The third kappa shape index (κ3) is 11.9. The van der Waals surface area contributed by atoms with Crippen molar-refractivity contribution in [3.63, 3.8) is 0 Å². The van der Waals surface area contributed by atoms with Crippen molar-refractivity contribution in [2.75, 3.05) is 0 Å². The summed E-state index contributed by atoms with van der Waals surface area (Å²) in [5, 5.41) is 15.6. The highest BCUT2D eigenvalue weighted by Crippen LogP contribution is 2.21. The third-order valence-electron chi connectivity index (χ3n) is 4.39. The van der Waals surface area contributed by atoms with Crippen LogP contribution in [0, 0.1) is 0 Å². The maximum absolute atomic E-state index is 11.6. The minimum absolute atomic E-state index is 0.0234. The van der Waals surface area contributed by atoms with Gasteiger partial charge < -0.3 is 19.7 Å². The minimum Gasteiger partial charge on any atom is -0.478 e. The van der Waals surface area contributed by atoms with Gasteiger partial charge in [-0.15, -0.1) is 0 Å². The molecule has 2 aliphatic rings. The number of aliphatic carboxylic acids is 2. The summed E-state index contributed by atoms with van der Waals surface area (Å²) in [7, 11) is 0. The summed E-state index contributed by atoms with van der Waals surface area (Å²) in [5.74, 6) is -3.38. The number of carboxylic acids is 2. The molecule has 0 spiro atoms. The van der Waals surface area contributed by atoms with E-state index in [-0.39, 0.29) is 12.2 Å². The maximum atomic E-state index is 11.6. The standard InChI is InChI=1S/C16H24O4.C4H4O4/c17-15(19-13-7-3-1-4-8-13)11-12-16(18)20-14-9-5-2-6-10-14;5-3(6)1-2-4(7)8/h11-14H,1-10H2;1-2H,(H,5,6)(H,7,8)/b12-11-;2-1-. The summed E-state index contributed by atoms with van der Waals surface area (Å²) >= 11 is 0. The summed E-state index contributed by atoms with van der Waals surface area (Å²) in [5.41, 5.74) is 0. The molecule has 8 heteroatoms. The monoisotopic (exact) mass is 396 g/mol. The van der Waals surface area contributed by atoms with Crippen molar-refractivity contribution in [3.05, 3.63) is 24.3 Å². The van der Waals surface area contributed by atoms with Gasteiger partial charge in [-0.25, -0.2) is 19.2 Å². The maximum Gasteiger partial charge on any atom is 0.331 e. The largest absolute Gasteiger partial charge is 0.478 e. The van der Waals surface area contributed by atoms with Crippen LogP contribution >= 0.6 is 0 Å². The Balaban J connectivity index is 0.000000416. The second-order valence-corrected chi connectivity index (χ2v) is 6.74. The van der Waals surface area contributed by atoms with E-state index >= 15 is 0 Å². The zero-order chi connectivity index (χ0) is 20.8. The van der Waals surface area contributed by atoms with Gasteiger partial charge in [-0.2, -0.15) is 0 Å². The van der Waals surface area contributed by atoms with Gasteiger partial charge in [0.25, 0.3) is 0 Å². The molecule has 2 aliphatic carbocycles. The second kappa shape index (κ2) is 13.5. The van der Waals surface area contributed by atoms with Crippen molar-refractivity contribution >= 4 is 23.9 Å². The van der Waals surface area contributed by atoms with Crippen LogP contribution in [0.15, 0.2) is 24.3 Å². The molecule has 2 saturated carbocycles. The van der Waals surface area contributed by atoms with Gasteiger partial charge in [0.15, 0.2) is 0 Å². The lowest BCUT2D eigenvalue weighted by Gasteiger charge is -2.21. The zero-order valence-electron chi connectivity index (χ0n) is 15.9. The quantitative estimate of drug-likeness (QED) is 0.518. The number of carbonyl (C=O) groups excluding carboxylic acids is 2. The van der Waals surface area contributed by atoms with E-state index in [1.54, 1.807) is 0 Å². The smallest absolute Gasteiger partial charge is 0.331 e. The Kier molecular flexibility index (Phi) is 11.3. The van der Waals surface area contributed by atoms with E-state index in [1.165, 1.54) is 25.0 Å². The van der Waals surface area contributed by atoms with Gasteiger partial charge in [-0.1, -0.05) is 12.8 Å². The molecule has 0 aliphatic heterocycles. The highest BCUT2D eigenvalue weighted by Gasteiger charge is 2.18. The first-order valence-electron chi connectivity index (χ1n) is 9.60. The second-order valence-electron chi connectivity index (χ2n) is 6.74. The molecule has 0 amide bonds. The zero-order valence-corrected chi connectivity index (χ0v) is 15.9. The van der Waals surface area contributed by atoms with Crippen molar-refractivity contribution in [2.24, 2.45) is 0 Å². The van der Waals surface area contributed by atoms with Crippen LogP contribution < -0.4 is 0 Å². The summed E-state index contributed by atoms with van der Waals surface area (Å²) in [6.45, 7) is 0. The molecular formula is C20H28O8. The van der Waals surface area contributed by atoms with Gasteiger partial charge in [-0.05, 0) is 51.4 Å². The predicted molar refractivity (Wildman–Crippen MR) is 99.5 cm³/mol. The van der Waals surface area contributed by atoms with E-state index in [9.17, 15) is 19.2 Å². The lowest BCUT2D eigenvalue weighted by molar-refractivity contribution is -0.147. The van der Waals surface area contributed by atoms with Crippen LogP contribution in [0.2, 0.25) is 0 Å². The molecule has 2 rings (SSSR count). The fourth-order valence-corrected chi connectivity index (χ4v) is 3.05. The number of esters is 2. The lowest BCUT2D eigenvalue weighted by Crippen LogP contribution is -2.21. The van der Waals surface area contributed by atoms with Crippen molar-refractivity contribution in [3.8, 4) is 0 Å². The van der Waals surface area contributed by atoms with E-state index < -0.39 is 23.9 Å². The summed E-state index contributed by atoms with van der Waals surface area (Å²) in [6.07, 6.45) is 14.2. The minimum atomic E-state index is -1.26. The molecule has 8 nitrogen and oxygen atoms in total. The number of ether oxygens (including phenoxy) is 2. The highest BCUT2D eigenvalue weighted by atomic mass is 16.5. The van der Waals surface area contributed by atoms with Crippen molar-refractivity contribution < 1.29 is 38.9 Å². The fourth-order valence-electron chi connectivity index (χ4n) is 3.05. The van der Waals surface area contributed by atoms with E-state index in [2.05, 4.69) is 0 Å². The summed E-state index contributed by atoms with van der Waals surface area (Å²) in [6, 6.07) is 0. The highest BCUT2D eigenvalue weighted by molar-refractivity contribution is 5.91. The number of rotatable bonds is 6. The van der Waals surface area contributed by atoms with Crippen molar-refractivity contribution in [1.29, 1.82) is 0 Å². The van der Waals surface area contributed by atoms with E-state index in [1.807, 2.05) is 0 Å². The Morgan fingerprint density at radius 3 is 1.18 bits per heavy atom. The SMILES string of the molecule is O=C(/C=C\C(=O)OC1CCCCC1)OC1CCCCC1.O=C(O)/C=C\C(=O)O. The molecule has 0 aromatic carbocycles. The number of hydrogen-bond donors (Lipinski definition) is 2. The molecular weight excluding hydrogens is 368 g/mol. The van der Waals surface area contributed by atoms with E-state index in [0.717, 1.165) is 51.4 Å². The average molecular weight is 396 g/mol. The van der Waals surface area contributed by atoms with Gasteiger partial charge in [-0.3, -0.25) is 0 Å². The third-order valence-corrected chi connectivity index (χ3v) is 4.39. The molecule has 0 atom stereocenters. The van der Waals surface area contributed by atoms with Crippen LogP contribution in [-0.4, -0.2) is 46.3 Å². The summed E-state index contributed by atoms with van der Waals surface area (Å²) in [4.78, 5) is 42.3. The molecule has 156 valence electrons. The Morgan fingerprint density at radius 1 is 0.571 bits per heavy atom. The van der Waals surface area contributed by atoms with Crippen LogP contribution in [0.1, 0.15) is 64.2 Å². The Bertz CT molecular complexity index is 531. The Morgan fingerprint density at radius 2 is 0.893 bits per heavy atom. The predicted octanol–water partition coefficient (Wildman–Crippen LogP) is 3.01. The topological polar surface area (TPSA) is 127 Å². The first-order valence-corrected chi connectivity index (χ1v) is 9.60. The van der Waals surface area contributed by atoms with Crippen molar-refractivity contribution in [1.82, 2.24) is 0 Å². The normalized spacial score (nSPS) is 18.3. The van der Waals surface area contributed by atoms with Crippen LogP contribution in [0.5, 0.6) is 0 Å². The molecule has 2 fully saturated rings. The lowest BCUT2D eigenvalue weighted by atomic mass is 9.98.